The molecule has 35 heavy (non-hydrogen) atoms. The van der Waals surface area contributed by atoms with Crippen molar-refractivity contribution in [3.05, 3.63) is 0 Å². The average Bonchev–Trinajstić information content (AvgIpc) is 2.55. The first-order valence-corrected chi connectivity index (χ1v) is 27.0. The van der Waals surface area contributed by atoms with Crippen LogP contribution in [-0.4, -0.2) is 102 Å². The topological polar surface area (TPSA) is 136 Å². The second-order valence-corrected chi connectivity index (χ2v) is 31.1. The Bertz CT molecular complexity index is 541. The lowest BCUT2D eigenvalue weighted by atomic mass is 10.5. The summed E-state index contributed by atoms with van der Waals surface area (Å²) in [6.07, 6.45) is -1.27. The minimum Gasteiger partial charge on any atom is -0.436 e. The predicted octanol–water partition coefficient (Wildman–Crippen LogP) is 3.00. The molecule has 0 aromatic heterocycles. The van der Waals surface area contributed by atoms with Crippen molar-refractivity contribution in [2.45, 2.75) is 103 Å². The van der Waals surface area contributed by atoms with Crippen molar-refractivity contribution in [2.24, 2.45) is 0 Å². The highest BCUT2D eigenvalue weighted by Crippen LogP contribution is 2.28. The van der Waals surface area contributed by atoms with E-state index < -0.39 is 54.9 Å². The second kappa shape index (κ2) is 15.3. The predicted molar refractivity (Wildman–Crippen MR) is 149 cm³/mol. The van der Waals surface area contributed by atoms with E-state index in [-0.39, 0.29) is 13.2 Å². The Morgan fingerprint density at radius 3 is 1.06 bits per heavy atom. The molecule has 10 nitrogen and oxygen atoms in total. The van der Waals surface area contributed by atoms with Gasteiger partial charge in [0, 0.05) is 13.2 Å². The fraction of sp³-hybridized carbons (Fsp3) is 1.00. The van der Waals surface area contributed by atoms with Gasteiger partial charge in [0.05, 0.1) is 13.2 Å². The summed E-state index contributed by atoms with van der Waals surface area (Å²) >= 11 is 0. The molecule has 0 bridgehead atoms. The van der Waals surface area contributed by atoms with E-state index in [1.165, 1.54) is 0 Å². The van der Waals surface area contributed by atoms with Gasteiger partial charge in [0.2, 0.25) is 0 Å². The van der Waals surface area contributed by atoms with Crippen molar-refractivity contribution in [3.8, 4) is 0 Å². The van der Waals surface area contributed by atoms with Gasteiger partial charge in [0.1, 0.15) is 0 Å². The standard InChI is InChI=1S/C20H52O10Si5/c1-31(2,15-11-13-25-17-19(21)22)27-33(5,6)29-35(9,10)30-34(7,8)28-32(3,4)16-12-14-26-18-20(23)24/h19-24H,11-18H2,1-10H3. The molecule has 0 saturated carbocycles. The summed E-state index contributed by atoms with van der Waals surface area (Å²) in [6.45, 7) is 21.8. The molecule has 0 radical (unpaired) electrons. The van der Waals surface area contributed by atoms with Gasteiger partial charge in [-0.2, -0.15) is 0 Å². The number of aliphatic hydroxyl groups is 4. The molecule has 212 valence electrons. The fourth-order valence-corrected chi connectivity index (χ4v) is 28.8. The zero-order valence-corrected chi connectivity index (χ0v) is 28.5. The van der Waals surface area contributed by atoms with Crippen LogP contribution in [0.25, 0.3) is 0 Å². The largest absolute Gasteiger partial charge is 0.436 e. The molecule has 0 aliphatic carbocycles. The van der Waals surface area contributed by atoms with E-state index in [2.05, 4.69) is 65.5 Å². The van der Waals surface area contributed by atoms with E-state index in [1.54, 1.807) is 0 Å². The van der Waals surface area contributed by atoms with Gasteiger partial charge in [-0.15, -0.1) is 0 Å². The third-order valence-electron chi connectivity index (χ3n) is 4.70. The zero-order valence-electron chi connectivity index (χ0n) is 23.5. The van der Waals surface area contributed by atoms with Crippen LogP contribution in [0.5, 0.6) is 0 Å². The van der Waals surface area contributed by atoms with Crippen LogP contribution in [0.4, 0.5) is 0 Å². The smallest absolute Gasteiger partial charge is 0.314 e. The van der Waals surface area contributed by atoms with E-state index in [0.29, 0.717) is 13.2 Å². The first-order valence-electron chi connectivity index (χ1n) is 12.3. The summed E-state index contributed by atoms with van der Waals surface area (Å²) < 4.78 is 36.8. The quantitative estimate of drug-likeness (QED) is 0.0949. The molecular formula is C20H52O10Si5. The molecule has 0 unspecified atom stereocenters. The van der Waals surface area contributed by atoms with Crippen LogP contribution >= 0.6 is 0 Å². The van der Waals surface area contributed by atoms with Gasteiger partial charge in [-0.05, 0) is 90.4 Å². The normalized spacial score (nSPS) is 14.4. The van der Waals surface area contributed by atoms with Crippen LogP contribution < -0.4 is 0 Å². The van der Waals surface area contributed by atoms with Gasteiger partial charge in [-0.25, -0.2) is 0 Å². The highest BCUT2D eigenvalue weighted by molar-refractivity contribution is 6.90. The molecule has 0 aromatic carbocycles. The monoisotopic (exact) mass is 592 g/mol. The van der Waals surface area contributed by atoms with Gasteiger partial charge < -0.3 is 46.4 Å². The van der Waals surface area contributed by atoms with Crippen molar-refractivity contribution >= 4 is 42.3 Å². The molecule has 0 fully saturated rings. The Kier molecular flexibility index (Phi) is 15.6. The van der Waals surface area contributed by atoms with Gasteiger partial charge in [-0.1, -0.05) is 0 Å². The van der Waals surface area contributed by atoms with E-state index in [9.17, 15) is 0 Å². The Morgan fingerprint density at radius 1 is 0.486 bits per heavy atom. The third-order valence-corrected chi connectivity index (χ3v) is 24.0. The molecule has 0 aliphatic heterocycles. The first-order chi connectivity index (χ1) is 15.7. The maximum Gasteiger partial charge on any atom is 0.314 e. The Balaban J connectivity index is 4.73. The average molecular weight is 593 g/mol. The molecule has 0 aromatic rings. The van der Waals surface area contributed by atoms with E-state index in [1.807, 2.05) is 0 Å². The number of ether oxygens (including phenoxy) is 2. The zero-order chi connectivity index (χ0) is 27.6. The Morgan fingerprint density at radius 2 is 0.771 bits per heavy atom. The third kappa shape index (κ3) is 20.3. The van der Waals surface area contributed by atoms with Crippen LogP contribution in [0.3, 0.4) is 0 Å². The lowest BCUT2D eigenvalue weighted by Crippen LogP contribution is -2.58. The molecule has 15 heteroatoms. The molecule has 0 aliphatic rings. The summed E-state index contributed by atoms with van der Waals surface area (Å²) in [6, 6.07) is 1.78. The second-order valence-electron chi connectivity index (χ2n) is 11.4. The molecule has 0 saturated heterocycles. The molecule has 0 spiro atoms. The van der Waals surface area contributed by atoms with Crippen LogP contribution in [0.2, 0.25) is 77.6 Å². The van der Waals surface area contributed by atoms with E-state index in [4.69, 9.17) is 46.4 Å². The summed E-state index contributed by atoms with van der Waals surface area (Å²) in [5.74, 6) is 0. The molecule has 0 rings (SSSR count). The van der Waals surface area contributed by atoms with Crippen LogP contribution in [-0.2, 0) is 25.9 Å². The van der Waals surface area contributed by atoms with Crippen molar-refractivity contribution in [1.29, 1.82) is 0 Å². The van der Waals surface area contributed by atoms with Gasteiger partial charge in [-0.3, -0.25) is 0 Å². The Hall–Kier alpha value is 0.684. The van der Waals surface area contributed by atoms with Crippen molar-refractivity contribution in [3.63, 3.8) is 0 Å². The summed E-state index contributed by atoms with van der Waals surface area (Å²) in [7, 11) is -11.4. The van der Waals surface area contributed by atoms with Crippen LogP contribution in [0, 0.1) is 0 Å². The maximum absolute atomic E-state index is 8.86. The summed E-state index contributed by atoms with van der Waals surface area (Å²) in [4.78, 5) is 0. The fourth-order valence-electron chi connectivity index (χ4n) is 4.26. The number of hydrogen-bond acceptors (Lipinski definition) is 10. The lowest BCUT2D eigenvalue weighted by Gasteiger charge is -2.42. The van der Waals surface area contributed by atoms with Crippen molar-refractivity contribution < 1.29 is 46.4 Å². The van der Waals surface area contributed by atoms with E-state index in [0.717, 1.165) is 24.9 Å². The first kappa shape index (κ1) is 35.7. The minimum absolute atomic E-state index is 0.0770. The molecule has 0 atom stereocenters. The molecular weight excluding hydrogens is 541 g/mol. The maximum atomic E-state index is 8.86. The van der Waals surface area contributed by atoms with Gasteiger partial charge in [0.15, 0.2) is 29.2 Å². The number of hydrogen-bond donors (Lipinski definition) is 4. The number of rotatable bonds is 20. The summed E-state index contributed by atoms with van der Waals surface area (Å²) in [5, 5.41) is 35.4. The van der Waals surface area contributed by atoms with Crippen molar-refractivity contribution in [2.75, 3.05) is 26.4 Å². The van der Waals surface area contributed by atoms with E-state index >= 15 is 0 Å². The highest BCUT2D eigenvalue weighted by Gasteiger charge is 2.45. The van der Waals surface area contributed by atoms with Gasteiger partial charge >= 0.3 is 25.7 Å². The SMILES string of the molecule is C[Si](C)(CCCOCC(O)O)O[Si](C)(C)O[Si](C)(C)O[Si](C)(C)O[Si](C)(C)CCCOCC(O)O. The van der Waals surface area contributed by atoms with Gasteiger partial charge in [0.25, 0.3) is 0 Å². The molecule has 0 amide bonds. The summed E-state index contributed by atoms with van der Waals surface area (Å²) in [5.41, 5.74) is 0. The highest BCUT2D eigenvalue weighted by atomic mass is 28.5. The van der Waals surface area contributed by atoms with Crippen molar-refractivity contribution in [1.82, 2.24) is 0 Å². The molecule has 0 heterocycles. The number of aliphatic hydroxyl groups excluding tert-OH is 2. The lowest BCUT2D eigenvalue weighted by molar-refractivity contribution is -0.0948. The Labute approximate surface area is 217 Å². The van der Waals surface area contributed by atoms with Crippen LogP contribution in [0.1, 0.15) is 12.8 Å². The minimum atomic E-state index is -2.53. The van der Waals surface area contributed by atoms with Crippen LogP contribution in [0.15, 0.2) is 0 Å². The molecule has 4 N–H and O–H groups in total.